The van der Waals surface area contributed by atoms with Crippen LogP contribution in [0.15, 0.2) is 23.1 Å². The van der Waals surface area contributed by atoms with Crippen LogP contribution >= 0.6 is 11.6 Å². The highest BCUT2D eigenvalue weighted by Crippen LogP contribution is 2.28. The summed E-state index contributed by atoms with van der Waals surface area (Å²) in [6.45, 7) is 0.704. The van der Waals surface area contributed by atoms with Crippen molar-refractivity contribution in [2.24, 2.45) is 5.92 Å². The van der Waals surface area contributed by atoms with Crippen LogP contribution in [0.1, 0.15) is 12.8 Å². The molecule has 19 heavy (non-hydrogen) atoms. The topological polar surface area (TPSA) is 57.6 Å². The summed E-state index contributed by atoms with van der Waals surface area (Å²) in [5.41, 5.74) is 0. The number of piperidine rings is 1. The van der Waals surface area contributed by atoms with E-state index < -0.39 is 15.8 Å². The average Bonchev–Trinajstić information content (AvgIpc) is 2.41. The third-order valence-corrected chi connectivity index (χ3v) is 5.72. The Morgan fingerprint density at radius 3 is 2.58 bits per heavy atom. The van der Waals surface area contributed by atoms with Crippen LogP contribution in [0, 0.1) is 11.7 Å². The fourth-order valence-electron chi connectivity index (χ4n) is 2.15. The highest BCUT2D eigenvalue weighted by molar-refractivity contribution is 7.89. The zero-order valence-electron chi connectivity index (χ0n) is 10.2. The second-order valence-corrected chi connectivity index (χ2v) is 6.92. The van der Waals surface area contributed by atoms with Gasteiger partial charge in [-0.1, -0.05) is 11.6 Å². The van der Waals surface area contributed by atoms with Crippen LogP contribution < -0.4 is 0 Å². The maximum absolute atomic E-state index is 13.2. The molecule has 1 saturated heterocycles. The highest BCUT2D eigenvalue weighted by Gasteiger charge is 2.30. The molecule has 0 spiro atoms. The summed E-state index contributed by atoms with van der Waals surface area (Å²) in [6, 6.07) is 3.30. The van der Waals surface area contributed by atoms with Gasteiger partial charge in [0.2, 0.25) is 10.0 Å². The van der Waals surface area contributed by atoms with E-state index in [9.17, 15) is 12.8 Å². The average molecular weight is 308 g/mol. The number of rotatable bonds is 3. The van der Waals surface area contributed by atoms with Crippen molar-refractivity contribution < 1.29 is 17.9 Å². The third kappa shape index (κ3) is 3.08. The van der Waals surface area contributed by atoms with Gasteiger partial charge in [0.25, 0.3) is 0 Å². The van der Waals surface area contributed by atoms with Crippen LogP contribution in [0.4, 0.5) is 4.39 Å². The van der Waals surface area contributed by atoms with Crippen LogP contribution in [0.3, 0.4) is 0 Å². The molecule has 1 aliphatic rings. The number of aliphatic hydroxyl groups excluding tert-OH is 1. The molecule has 1 N–H and O–H groups in total. The number of hydrogen-bond acceptors (Lipinski definition) is 3. The van der Waals surface area contributed by atoms with E-state index in [0.717, 1.165) is 12.1 Å². The minimum absolute atomic E-state index is 0.0191. The Balaban J connectivity index is 2.26. The molecule has 0 aliphatic carbocycles. The Hall–Kier alpha value is -0.690. The zero-order valence-corrected chi connectivity index (χ0v) is 11.8. The molecule has 1 aromatic rings. The van der Waals surface area contributed by atoms with Gasteiger partial charge in [0.1, 0.15) is 10.7 Å². The van der Waals surface area contributed by atoms with E-state index in [0.29, 0.717) is 25.9 Å². The fourth-order valence-corrected chi connectivity index (χ4v) is 4.10. The molecular weight excluding hydrogens is 293 g/mol. The van der Waals surface area contributed by atoms with Crippen molar-refractivity contribution in [3.63, 3.8) is 0 Å². The molecule has 0 saturated carbocycles. The van der Waals surface area contributed by atoms with E-state index in [1.54, 1.807) is 0 Å². The molecule has 0 bridgehead atoms. The molecule has 7 heteroatoms. The second kappa shape index (κ2) is 5.75. The molecule has 0 aromatic heterocycles. The number of hydrogen-bond donors (Lipinski definition) is 1. The highest BCUT2D eigenvalue weighted by atomic mass is 35.5. The number of aliphatic hydroxyl groups is 1. The van der Waals surface area contributed by atoms with Gasteiger partial charge in [0, 0.05) is 19.7 Å². The largest absolute Gasteiger partial charge is 0.396 e. The summed E-state index contributed by atoms with van der Waals surface area (Å²) < 4.78 is 39.2. The second-order valence-electron chi connectivity index (χ2n) is 4.60. The minimum atomic E-state index is -3.77. The van der Waals surface area contributed by atoms with Crippen LogP contribution in [-0.4, -0.2) is 37.5 Å². The molecule has 0 atom stereocenters. The van der Waals surface area contributed by atoms with Gasteiger partial charge in [-0.3, -0.25) is 0 Å². The normalized spacial score (nSPS) is 18.7. The first-order valence-electron chi connectivity index (χ1n) is 6.01. The van der Waals surface area contributed by atoms with Crippen molar-refractivity contribution in [1.29, 1.82) is 0 Å². The first-order chi connectivity index (χ1) is 8.95. The van der Waals surface area contributed by atoms with Crippen molar-refractivity contribution in [3.8, 4) is 0 Å². The lowest BCUT2D eigenvalue weighted by atomic mass is 10.00. The molecule has 1 aromatic carbocycles. The van der Waals surface area contributed by atoms with Crippen LogP contribution in [0.2, 0.25) is 5.02 Å². The predicted octanol–water partition coefficient (Wildman–Crippen LogP) is 1.87. The number of sulfonamides is 1. The summed E-state index contributed by atoms with van der Waals surface area (Å²) in [5, 5.41) is 9.06. The fraction of sp³-hybridized carbons (Fsp3) is 0.500. The van der Waals surface area contributed by atoms with Crippen LogP contribution in [-0.2, 0) is 10.0 Å². The Labute approximate surface area is 116 Å². The molecule has 4 nitrogen and oxygen atoms in total. The van der Waals surface area contributed by atoms with E-state index >= 15 is 0 Å². The first kappa shape index (κ1) is 14.7. The number of benzene rings is 1. The smallest absolute Gasteiger partial charge is 0.244 e. The number of halogens is 2. The SMILES string of the molecule is O=S(=O)(c1cc(F)ccc1Cl)N1CCC(CO)CC1. The van der Waals surface area contributed by atoms with E-state index in [2.05, 4.69) is 0 Å². The van der Waals surface area contributed by atoms with Gasteiger partial charge in [-0.25, -0.2) is 12.8 Å². The van der Waals surface area contributed by atoms with Crippen molar-refractivity contribution in [1.82, 2.24) is 4.31 Å². The summed E-state index contributed by atoms with van der Waals surface area (Å²) in [5.74, 6) is -0.498. The molecule has 0 unspecified atom stereocenters. The summed E-state index contributed by atoms with van der Waals surface area (Å²) in [6.07, 6.45) is 1.20. The van der Waals surface area contributed by atoms with Crippen LogP contribution in [0.5, 0.6) is 0 Å². The Bertz CT molecular complexity index is 556. The summed E-state index contributed by atoms with van der Waals surface area (Å²) >= 11 is 5.84. The van der Waals surface area contributed by atoms with Crippen molar-refractivity contribution in [3.05, 3.63) is 29.0 Å². The lowest BCUT2D eigenvalue weighted by Crippen LogP contribution is -2.39. The summed E-state index contributed by atoms with van der Waals surface area (Å²) in [7, 11) is -3.77. The van der Waals surface area contributed by atoms with Gasteiger partial charge in [-0.15, -0.1) is 0 Å². The standard InChI is InChI=1S/C12H15ClFNO3S/c13-11-2-1-10(14)7-12(11)19(17,18)15-5-3-9(8-16)4-6-15/h1-2,7,9,16H,3-6,8H2. The van der Waals surface area contributed by atoms with E-state index in [4.69, 9.17) is 16.7 Å². The Morgan fingerprint density at radius 2 is 2.00 bits per heavy atom. The quantitative estimate of drug-likeness (QED) is 0.927. The minimum Gasteiger partial charge on any atom is -0.396 e. The lowest BCUT2D eigenvalue weighted by Gasteiger charge is -2.30. The van der Waals surface area contributed by atoms with Crippen molar-refractivity contribution in [2.45, 2.75) is 17.7 Å². The van der Waals surface area contributed by atoms with Gasteiger partial charge in [-0.2, -0.15) is 4.31 Å². The Kier molecular flexibility index (Phi) is 4.45. The molecule has 106 valence electrons. The molecule has 0 amide bonds. The lowest BCUT2D eigenvalue weighted by molar-refractivity contribution is 0.170. The van der Waals surface area contributed by atoms with E-state index in [1.165, 1.54) is 10.4 Å². The Morgan fingerprint density at radius 1 is 1.37 bits per heavy atom. The molecule has 1 heterocycles. The third-order valence-electron chi connectivity index (χ3n) is 3.34. The van der Waals surface area contributed by atoms with Gasteiger partial charge in [-0.05, 0) is 37.0 Å². The van der Waals surface area contributed by atoms with Gasteiger partial charge in [0.15, 0.2) is 0 Å². The van der Waals surface area contributed by atoms with Gasteiger partial charge >= 0.3 is 0 Å². The maximum Gasteiger partial charge on any atom is 0.244 e. The first-order valence-corrected chi connectivity index (χ1v) is 7.83. The molecule has 0 radical (unpaired) electrons. The number of nitrogens with zero attached hydrogens (tertiary/aromatic N) is 1. The van der Waals surface area contributed by atoms with Gasteiger partial charge < -0.3 is 5.11 Å². The van der Waals surface area contributed by atoms with E-state index in [1.807, 2.05) is 0 Å². The van der Waals surface area contributed by atoms with Crippen LogP contribution in [0.25, 0.3) is 0 Å². The van der Waals surface area contributed by atoms with Gasteiger partial charge in [0.05, 0.1) is 5.02 Å². The predicted molar refractivity (Wildman–Crippen MR) is 70.0 cm³/mol. The molecule has 1 aliphatic heterocycles. The molecule has 2 rings (SSSR count). The zero-order chi connectivity index (χ0) is 14.0. The molecule has 1 fully saturated rings. The molecular formula is C12H15ClFNO3S. The monoisotopic (exact) mass is 307 g/mol. The maximum atomic E-state index is 13.2. The van der Waals surface area contributed by atoms with E-state index in [-0.39, 0.29) is 22.4 Å². The summed E-state index contributed by atoms with van der Waals surface area (Å²) in [4.78, 5) is -0.198. The van der Waals surface area contributed by atoms with Crippen molar-refractivity contribution >= 4 is 21.6 Å². The van der Waals surface area contributed by atoms with Crippen molar-refractivity contribution in [2.75, 3.05) is 19.7 Å².